The van der Waals surface area contributed by atoms with Gasteiger partial charge < -0.3 is 0 Å². The largest absolute Gasteiger partial charge is 0.258 e. The van der Waals surface area contributed by atoms with Gasteiger partial charge >= 0.3 is 0 Å². The van der Waals surface area contributed by atoms with E-state index in [4.69, 9.17) is 5.14 Å². The Labute approximate surface area is 87.9 Å². The van der Waals surface area contributed by atoms with Gasteiger partial charge in [0, 0.05) is 6.20 Å². The predicted molar refractivity (Wildman–Crippen MR) is 52.1 cm³/mol. The van der Waals surface area contributed by atoms with Crippen molar-refractivity contribution < 1.29 is 8.42 Å². The number of hydrogen-bond acceptors (Lipinski definition) is 4. The van der Waals surface area contributed by atoms with Gasteiger partial charge in [-0.1, -0.05) is 0 Å². The van der Waals surface area contributed by atoms with E-state index in [1.165, 1.54) is 10.7 Å². The lowest BCUT2D eigenvalue weighted by Gasteiger charge is -1.96. The number of rotatable bonds is 1. The maximum absolute atomic E-state index is 11.2. The van der Waals surface area contributed by atoms with Gasteiger partial charge in [0.1, 0.15) is 4.60 Å². The maximum Gasteiger partial charge on any atom is 0.258 e. The van der Waals surface area contributed by atoms with E-state index in [-0.39, 0.29) is 9.63 Å². The van der Waals surface area contributed by atoms with E-state index in [1.807, 2.05) is 0 Å². The summed E-state index contributed by atoms with van der Waals surface area (Å²) in [5, 5.41) is 8.70. The summed E-state index contributed by atoms with van der Waals surface area (Å²) < 4.78 is 23.7. The molecule has 0 aromatic carbocycles. The van der Waals surface area contributed by atoms with Crippen molar-refractivity contribution in [2.45, 2.75) is 5.03 Å². The van der Waals surface area contributed by atoms with Crippen LogP contribution in [0.2, 0.25) is 0 Å². The van der Waals surface area contributed by atoms with Gasteiger partial charge in [-0.25, -0.2) is 18.5 Å². The van der Waals surface area contributed by atoms with Crippen LogP contribution in [0.5, 0.6) is 0 Å². The summed E-state index contributed by atoms with van der Waals surface area (Å²) in [5.74, 6) is 0. The minimum Gasteiger partial charge on any atom is -0.223 e. The number of sulfonamides is 1. The van der Waals surface area contributed by atoms with E-state index < -0.39 is 10.0 Å². The van der Waals surface area contributed by atoms with E-state index >= 15 is 0 Å². The Bertz CT molecular complexity index is 591. The van der Waals surface area contributed by atoms with E-state index in [1.54, 1.807) is 12.1 Å². The van der Waals surface area contributed by atoms with Crippen LogP contribution >= 0.6 is 15.9 Å². The highest BCUT2D eigenvalue weighted by atomic mass is 79.9. The molecule has 0 saturated carbocycles. The third-order valence-corrected chi connectivity index (χ3v) is 3.30. The summed E-state index contributed by atoms with van der Waals surface area (Å²) >= 11 is 3.01. The molecule has 14 heavy (non-hydrogen) atoms. The Hall–Kier alpha value is -0.990. The van der Waals surface area contributed by atoms with Crippen molar-refractivity contribution >= 4 is 31.6 Å². The molecule has 0 aliphatic heterocycles. The normalized spacial score (nSPS) is 12.1. The molecule has 0 aliphatic carbocycles. The van der Waals surface area contributed by atoms with Gasteiger partial charge in [0.25, 0.3) is 10.0 Å². The van der Waals surface area contributed by atoms with Gasteiger partial charge in [0.2, 0.25) is 5.03 Å². The van der Waals surface area contributed by atoms with Gasteiger partial charge in [0.15, 0.2) is 5.65 Å². The average molecular weight is 277 g/mol. The number of nitrogens with zero attached hydrogens (tertiary/aromatic N) is 3. The molecule has 2 heterocycles. The van der Waals surface area contributed by atoms with Crippen molar-refractivity contribution in [3.63, 3.8) is 0 Å². The van der Waals surface area contributed by atoms with E-state index in [0.29, 0.717) is 5.65 Å². The SMILES string of the molecule is NS(=O)(=O)c1c(Br)nc2cccnn12. The first-order valence-electron chi connectivity index (χ1n) is 3.52. The first kappa shape index (κ1) is 9.56. The number of primary sulfonamides is 1. The molecular formula is C6H5BrN4O2S. The van der Waals surface area contributed by atoms with Crippen LogP contribution in [0.1, 0.15) is 0 Å². The summed E-state index contributed by atoms with van der Waals surface area (Å²) in [6.45, 7) is 0. The summed E-state index contributed by atoms with van der Waals surface area (Å²) in [6.07, 6.45) is 1.45. The van der Waals surface area contributed by atoms with E-state index in [9.17, 15) is 8.42 Å². The van der Waals surface area contributed by atoms with Crippen molar-refractivity contribution in [2.24, 2.45) is 5.14 Å². The van der Waals surface area contributed by atoms with Crippen LogP contribution in [-0.4, -0.2) is 23.0 Å². The number of aromatic nitrogens is 3. The second kappa shape index (κ2) is 3.01. The van der Waals surface area contributed by atoms with Crippen LogP contribution in [0.25, 0.3) is 5.65 Å². The van der Waals surface area contributed by atoms with Crippen molar-refractivity contribution in [2.75, 3.05) is 0 Å². The Morgan fingerprint density at radius 3 is 2.86 bits per heavy atom. The zero-order valence-corrected chi connectivity index (χ0v) is 9.16. The molecule has 0 spiro atoms. The number of hydrogen-bond donors (Lipinski definition) is 1. The Morgan fingerprint density at radius 2 is 2.21 bits per heavy atom. The zero-order chi connectivity index (χ0) is 10.3. The van der Waals surface area contributed by atoms with E-state index in [2.05, 4.69) is 26.0 Å². The Kier molecular flexibility index (Phi) is 2.05. The molecule has 0 aliphatic rings. The molecule has 2 N–H and O–H groups in total. The summed E-state index contributed by atoms with van der Waals surface area (Å²) in [6, 6.07) is 3.29. The molecule has 2 aromatic rings. The molecule has 0 atom stereocenters. The topological polar surface area (TPSA) is 90.4 Å². The Morgan fingerprint density at radius 1 is 1.50 bits per heavy atom. The molecular weight excluding hydrogens is 272 g/mol. The van der Waals surface area contributed by atoms with Crippen LogP contribution in [-0.2, 0) is 10.0 Å². The van der Waals surface area contributed by atoms with Gasteiger partial charge in [-0.3, -0.25) is 0 Å². The summed E-state index contributed by atoms with van der Waals surface area (Å²) in [4.78, 5) is 3.94. The molecule has 0 amide bonds. The highest BCUT2D eigenvalue weighted by Gasteiger charge is 2.20. The standard InChI is InChI=1S/C6H5BrN4O2S/c7-5-6(14(8,12)13)11-4(10-5)2-1-3-9-11/h1-3H,(H2,8,12,13). The highest BCUT2D eigenvalue weighted by molar-refractivity contribution is 9.10. The molecule has 2 aromatic heterocycles. The smallest absolute Gasteiger partial charge is 0.223 e. The quantitative estimate of drug-likeness (QED) is 0.802. The highest BCUT2D eigenvalue weighted by Crippen LogP contribution is 2.20. The first-order valence-corrected chi connectivity index (χ1v) is 5.86. The molecule has 0 saturated heterocycles. The summed E-state index contributed by atoms with van der Waals surface area (Å²) in [5.41, 5.74) is 0.420. The fourth-order valence-corrected chi connectivity index (χ4v) is 2.77. The zero-order valence-electron chi connectivity index (χ0n) is 6.75. The van der Waals surface area contributed by atoms with Crippen molar-refractivity contribution in [1.29, 1.82) is 0 Å². The van der Waals surface area contributed by atoms with Crippen LogP contribution in [0.15, 0.2) is 28.0 Å². The minimum atomic E-state index is -3.83. The number of nitrogens with two attached hydrogens (primary N) is 1. The molecule has 8 heteroatoms. The molecule has 6 nitrogen and oxygen atoms in total. The maximum atomic E-state index is 11.2. The molecule has 0 fully saturated rings. The fourth-order valence-electron chi connectivity index (χ4n) is 1.08. The number of halogens is 1. The molecule has 74 valence electrons. The van der Waals surface area contributed by atoms with Crippen molar-refractivity contribution in [3.05, 3.63) is 22.9 Å². The molecule has 0 radical (unpaired) electrons. The lowest BCUT2D eigenvalue weighted by atomic mass is 10.6. The molecule has 0 bridgehead atoms. The number of fused-ring (bicyclic) bond motifs is 1. The average Bonchev–Trinajstić information content (AvgIpc) is 2.38. The third-order valence-electron chi connectivity index (χ3n) is 1.58. The Balaban J connectivity index is 2.95. The second-order valence-corrected chi connectivity index (χ2v) is 4.77. The van der Waals surface area contributed by atoms with Gasteiger partial charge in [0.05, 0.1) is 0 Å². The van der Waals surface area contributed by atoms with Crippen LogP contribution < -0.4 is 5.14 Å². The minimum absolute atomic E-state index is 0.145. The second-order valence-electron chi connectivity index (χ2n) is 2.55. The van der Waals surface area contributed by atoms with Gasteiger partial charge in [-0.05, 0) is 28.1 Å². The molecule has 2 rings (SSSR count). The first-order chi connectivity index (χ1) is 6.50. The van der Waals surface area contributed by atoms with Crippen molar-refractivity contribution in [3.8, 4) is 0 Å². The lowest BCUT2D eigenvalue weighted by molar-refractivity contribution is 0.589. The van der Waals surface area contributed by atoms with Gasteiger partial charge in [-0.2, -0.15) is 9.61 Å². The van der Waals surface area contributed by atoms with Crippen molar-refractivity contribution in [1.82, 2.24) is 14.6 Å². The van der Waals surface area contributed by atoms with Gasteiger partial charge in [-0.15, -0.1) is 0 Å². The lowest BCUT2D eigenvalue weighted by Crippen LogP contribution is -2.16. The van der Waals surface area contributed by atoms with E-state index in [0.717, 1.165) is 0 Å². The predicted octanol–water partition coefficient (Wildman–Crippen LogP) is 0.139. The van der Waals surface area contributed by atoms with Crippen LogP contribution in [0.3, 0.4) is 0 Å². The van der Waals surface area contributed by atoms with Crippen LogP contribution in [0, 0.1) is 0 Å². The monoisotopic (exact) mass is 276 g/mol. The molecule has 0 unspecified atom stereocenters. The number of imidazole rings is 1. The summed E-state index contributed by atoms with van der Waals surface area (Å²) in [7, 11) is -3.83. The van der Waals surface area contributed by atoms with Crippen LogP contribution in [0.4, 0.5) is 0 Å². The fraction of sp³-hybridized carbons (Fsp3) is 0. The third kappa shape index (κ3) is 1.41.